The number of pyridine rings is 1. The molecule has 2 rings (SSSR count). The zero-order valence-electron chi connectivity index (χ0n) is 11.3. The summed E-state index contributed by atoms with van der Waals surface area (Å²) >= 11 is 0. The van der Waals surface area contributed by atoms with E-state index in [0.717, 1.165) is 5.56 Å². The van der Waals surface area contributed by atoms with Crippen molar-refractivity contribution in [2.24, 2.45) is 0 Å². The number of hydrogen-bond acceptors (Lipinski definition) is 3. The summed E-state index contributed by atoms with van der Waals surface area (Å²) in [5.41, 5.74) is 2.76. The molecule has 102 valence electrons. The Morgan fingerprint density at radius 2 is 1.60 bits per heavy atom. The topological polar surface area (TPSA) is 71.1 Å². The predicted octanol–water partition coefficient (Wildman–Crippen LogP) is 2.60. The van der Waals surface area contributed by atoms with Gasteiger partial charge in [-0.05, 0) is 42.8 Å². The lowest BCUT2D eigenvalue weighted by atomic mass is 10.1. The minimum atomic E-state index is -0.206. The quantitative estimate of drug-likeness (QED) is 0.899. The van der Waals surface area contributed by atoms with Crippen molar-refractivity contribution in [1.29, 1.82) is 0 Å². The molecule has 0 spiro atoms. The average molecular weight is 269 g/mol. The molecule has 5 nitrogen and oxygen atoms in total. The highest BCUT2D eigenvalue weighted by molar-refractivity contribution is 6.05. The number of carbonyl (C=O) groups is 2. The number of anilines is 2. The van der Waals surface area contributed by atoms with E-state index in [9.17, 15) is 9.59 Å². The van der Waals surface area contributed by atoms with Gasteiger partial charge in [0.05, 0.1) is 5.56 Å². The molecular weight excluding hydrogens is 254 g/mol. The average Bonchev–Trinajstić information content (AvgIpc) is 2.41. The van der Waals surface area contributed by atoms with Crippen molar-refractivity contribution in [1.82, 2.24) is 4.98 Å². The number of hydrogen-bond donors (Lipinski definition) is 2. The number of amides is 2. The maximum atomic E-state index is 12.1. The largest absolute Gasteiger partial charge is 0.326 e. The van der Waals surface area contributed by atoms with Crippen LogP contribution in [0.15, 0.2) is 42.7 Å². The Morgan fingerprint density at radius 1 is 1.00 bits per heavy atom. The second-order valence-corrected chi connectivity index (χ2v) is 4.40. The Kier molecular flexibility index (Phi) is 4.10. The molecule has 0 saturated heterocycles. The van der Waals surface area contributed by atoms with Crippen molar-refractivity contribution < 1.29 is 9.59 Å². The maximum absolute atomic E-state index is 12.1. The lowest BCUT2D eigenvalue weighted by Crippen LogP contribution is -2.13. The predicted molar refractivity (Wildman–Crippen MR) is 77.7 cm³/mol. The van der Waals surface area contributed by atoms with Gasteiger partial charge in [0.1, 0.15) is 0 Å². The fraction of sp³-hybridized carbons (Fsp3) is 0.133. The van der Waals surface area contributed by atoms with E-state index in [1.165, 1.54) is 13.1 Å². The summed E-state index contributed by atoms with van der Waals surface area (Å²) in [5.74, 6) is -0.337. The van der Waals surface area contributed by atoms with Crippen molar-refractivity contribution in [3.63, 3.8) is 0 Å². The number of aryl methyl sites for hydroxylation is 1. The smallest absolute Gasteiger partial charge is 0.257 e. The second-order valence-electron chi connectivity index (χ2n) is 4.40. The van der Waals surface area contributed by atoms with Crippen molar-refractivity contribution in [3.05, 3.63) is 53.9 Å². The number of nitrogens with zero attached hydrogens (tertiary/aromatic N) is 1. The van der Waals surface area contributed by atoms with Crippen molar-refractivity contribution in [2.45, 2.75) is 13.8 Å². The zero-order valence-corrected chi connectivity index (χ0v) is 11.3. The van der Waals surface area contributed by atoms with Gasteiger partial charge in [-0.3, -0.25) is 14.6 Å². The van der Waals surface area contributed by atoms with E-state index < -0.39 is 0 Å². The minimum Gasteiger partial charge on any atom is -0.326 e. The highest BCUT2D eigenvalue weighted by atomic mass is 16.2. The number of carbonyl (C=O) groups excluding carboxylic acids is 2. The van der Waals surface area contributed by atoms with Gasteiger partial charge >= 0.3 is 0 Å². The monoisotopic (exact) mass is 269 g/mol. The van der Waals surface area contributed by atoms with Crippen LogP contribution >= 0.6 is 0 Å². The molecule has 2 N–H and O–H groups in total. The molecule has 0 unspecified atom stereocenters. The first-order valence-corrected chi connectivity index (χ1v) is 6.16. The van der Waals surface area contributed by atoms with Crippen LogP contribution in [0.5, 0.6) is 0 Å². The molecule has 0 saturated carbocycles. The molecule has 20 heavy (non-hydrogen) atoms. The number of nitrogens with one attached hydrogen (secondary N) is 2. The molecule has 0 bridgehead atoms. The molecule has 0 fully saturated rings. The van der Waals surface area contributed by atoms with Crippen LogP contribution < -0.4 is 10.6 Å². The van der Waals surface area contributed by atoms with Crippen LogP contribution in [-0.4, -0.2) is 16.8 Å². The van der Waals surface area contributed by atoms with Crippen molar-refractivity contribution >= 4 is 23.2 Å². The molecule has 2 amide bonds. The molecule has 0 atom stereocenters. The van der Waals surface area contributed by atoms with Crippen molar-refractivity contribution in [3.8, 4) is 0 Å². The fourth-order valence-corrected chi connectivity index (χ4v) is 1.74. The zero-order chi connectivity index (χ0) is 14.5. The molecule has 1 aromatic heterocycles. The summed E-state index contributed by atoms with van der Waals surface area (Å²) in [5, 5.41) is 5.45. The Labute approximate surface area is 117 Å². The van der Waals surface area contributed by atoms with Crippen molar-refractivity contribution in [2.75, 3.05) is 10.6 Å². The van der Waals surface area contributed by atoms with E-state index >= 15 is 0 Å². The summed E-state index contributed by atoms with van der Waals surface area (Å²) in [4.78, 5) is 26.9. The van der Waals surface area contributed by atoms with Crippen LogP contribution in [-0.2, 0) is 4.79 Å². The Balaban J connectivity index is 2.09. The SMILES string of the molecule is CC(=O)Nc1ccc(NC(=O)c2cnccc2C)cc1. The standard InChI is InChI=1S/C15H15N3O2/c1-10-7-8-16-9-14(10)15(20)18-13-5-3-12(4-6-13)17-11(2)19/h3-9H,1-2H3,(H,17,19)(H,18,20). The first kappa shape index (κ1) is 13.7. The lowest BCUT2D eigenvalue weighted by molar-refractivity contribution is -0.114. The summed E-state index contributed by atoms with van der Waals surface area (Å²) in [6, 6.07) is 8.71. The normalized spacial score (nSPS) is 9.90. The molecule has 2 aromatic rings. The van der Waals surface area contributed by atoms with E-state index in [1.54, 1.807) is 36.5 Å². The molecule has 0 aliphatic heterocycles. The first-order valence-electron chi connectivity index (χ1n) is 6.16. The fourth-order valence-electron chi connectivity index (χ4n) is 1.74. The summed E-state index contributed by atoms with van der Waals surface area (Å²) in [7, 11) is 0. The van der Waals surface area contributed by atoms with E-state index in [2.05, 4.69) is 15.6 Å². The number of rotatable bonds is 3. The van der Waals surface area contributed by atoms with Gasteiger partial charge in [0, 0.05) is 30.7 Å². The van der Waals surface area contributed by atoms with Gasteiger partial charge in [0.25, 0.3) is 5.91 Å². The Hall–Kier alpha value is -2.69. The first-order chi connectivity index (χ1) is 9.56. The van der Waals surface area contributed by atoms with Gasteiger partial charge in [-0.1, -0.05) is 0 Å². The third kappa shape index (κ3) is 3.41. The highest BCUT2D eigenvalue weighted by Crippen LogP contribution is 2.15. The Bertz CT molecular complexity index is 636. The minimum absolute atomic E-state index is 0.132. The Morgan fingerprint density at radius 3 is 2.15 bits per heavy atom. The molecule has 1 heterocycles. The second kappa shape index (κ2) is 5.97. The van der Waals surface area contributed by atoms with Crippen LogP contribution in [0, 0.1) is 6.92 Å². The maximum Gasteiger partial charge on any atom is 0.257 e. The van der Waals surface area contributed by atoms with Gasteiger partial charge in [-0.2, -0.15) is 0 Å². The van der Waals surface area contributed by atoms with E-state index in [4.69, 9.17) is 0 Å². The van der Waals surface area contributed by atoms with Crippen LogP contribution in [0.4, 0.5) is 11.4 Å². The van der Waals surface area contributed by atoms with Crippen LogP contribution in [0.1, 0.15) is 22.8 Å². The molecule has 0 radical (unpaired) electrons. The van der Waals surface area contributed by atoms with Crippen LogP contribution in [0.2, 0.25) is 0 Å². The van der Waals surface area contributed by atoms with Gasteiger partial charge < -0.3 is 10.6 Å². The molecule has 5 heteroatoms. The van der Waals surface area contributed by atoms with E-state index in [0.29, 0.717) is 16.9 Å². The molecular formula is C15H15N3O2. The third-order valence-corrected chi connectivity index (χ3v) is 2.75. The van der Waals surface area contributed by atoms with Crippen LogP contribution in [0.25, 0.3) is 0 Å². The molecule has 1 aromatic carbocycles. The summed E-state index contributed by atoms with van der Waals surface area (Å²) in [6.07, 6.45) is 3.19. The van der Waals surface area contributed by atoms with E-state index in [-0.39, 0.29) is 11.8 Å². The van der Waals surface area contributed by atoms with Gasteiger partial charge in [-0.15, -0.1) is 0 Å². The number of benzene rings is 1. The highest BCUT2D eigenvalue weighted by Gasteiger charge is 2.09. The van der Waals surface area contributed by atoms with Gasteiger partial charge in [0.15, 0.2) is 0 Å². The molecule has 0 aliphatic rings. The third-order valence-electron chi connectivity index (χ3n) is 2.75. The van der Waals surface area contributed by atoms with Crippen LogP contribution in [0.3, 0.4) is 0 Å². The van der Waals surface area contributed by atoms with E-state index in [1.807, 2.05) is 6.92 Å². The number of aromatic nitrogens is 1. The molecule has 0 aliphatic carbocycles. The van der Waals surface area contributed by atoms with Gasteiger partial charge in [0.2, 0.25) is 5.91 Å². The summed E-state index contributed by atoms with van der Waals surface area (Å²) < 4.78 is 0. The lowest BCUT2D eigenvalue weighted by Gasteiger charge is -2.08. The summed E-state index contributed by atoms with van der Waals surface area (Å²) in [6.45, 7) is 3.30. The van der Waals surface area contributed by atoms with Gasteiger partial charge in [-0.25, -0.2) is 0 Å².